The number of pyridine rings is 1. The molecule has 1 aliphatic heterocycles. The van der Waals surface area contributed by atoms with Gasteiger partial charge in [0.25, 0.3) is 0 Å². The number of likely N-dealkylation sites (N-methyl/N-ethyl adjacent to an activating group) is 1. The van der Waals surface area contributed by atoms with Gasteiger partial charge < -0.3 is 14.2 Å². The summed E-state index contributed by atoms with van der Waals surface area (Å²) in [6.07, 6.45) is 3.89. The van der Waals surface area contributed by atoms with Crippen molar-refractivity contribution in [3.63, 3.8) is 0 Å². The van der Waals surface area contributed by atoms with E-state index < -0.39 is 0 Å². The molecule has 7 nitrogen and oxygen atoms in total. The van der Waals surface area contributed by atoms with Crippen LogP contribution < -0.4 is 0 Å². The van der Waals surface area contributed by atoms with Crippen LogP contribution in [0.5, 0.6) is 0 Å². The van der Waals surface area contributed by atoms with Gasteiger partial charge in [0.05, 0.1) is 12.6 Å². The van der Waals surface area contributed by atoms with Crippen LogP contribution >= 0.6 is 0 Å². The number of aromatic nitrogens is 3. The highest BCUT2D eigenvalue weighted by molar-refractivity contribution is 5.76. The topological polar surface area (TPSA) is 63.5 Å². The van der Waals surface area contributed by atoms with Gasteiger partial charge in [-0.2, -0.15) is 0 Å². The first-order chi connectivity index (χ1) is 13.3. The Morgan fingerprint density at radius 2 is 2.14 bits per heavy atom. The third-order valence-electron chi connectivity index (χ3n) is 5.83. The number of aryl methyl sites for hydroxylation is 1. The summed E-state index contributed by atoms with van der Waals surface area (Å²) in [6.45, 7) is 9.62. The Kier molecular flexibility index (Phi) is 6.35. The zero-order valence-corrected chi connectivity index (χ0v) is 17.8. The third kappa shape index (κ3) is 4.36. The molecule has 28 heavy (non-hydrogen) atoms. The van der Waals surface area contributed by atoms with Crippen molar-refractivity contribution in [2.45, 2.75) is 51.6 Å². The van der Waals surface area contributed by atoms with Gasteiger partial charge in [0.2, 0.25) is 5.91 Å². The summed E-state index contributed by atoms with van der Waals surface area (Å²) in [5, 5.41) is 0. The van der Waals surface area contributed by atoms with Crippen LogP contribution in [0.2, 0.25) is 0 Å². The molecule has 1 fully saturated rings. The average molecular weight is 388 g/mol. The molecule has 1 atom stereocenters. The molecule has 1 aliphatic rings. The molecule has 3 rings (SSSR count). The predicted molar refractivity (Wildman–Crippen MR) is 110 cm³/mol. The second-order valence-corrected chi connectivity index (χ2v) is 8.45. The van der Waals surface area contributed by atoms with Crippen LogP contribution in [-0.2, 0) is 16.0 Å². The van der Waals surface area contributed by atoms with Crippen molar-refractivity contribution in [2.24, 2.45) is 0 Å². The number of piperazine rings is 1. The monoisotopic (exact) mass is 387 g/mol. The lowest BCUT2D eigenvalue weighted by Crippen LogP contribution is -2.58. The second kappa shape index (κ2) is 8.57. The van der Waals surface area contributed by atoms with E-state index in [2.05, 4.69) is 42.3 Å². The van der Waals surface area contributed by atoms with Crippen molar-refractivity contribution in [3.8, 4) is 0 Å². The number of ether oxygens (including phenoxy) is 1. The summed E-state index contributed by atoms with van der Waals surface area (Å²) in [5.41, 5.74) is 1.81. The summed E-state index contributed by atoms with van der Waals surface area (Å²) in [6, 6.07) is 4.04. The summed E-state index contributed by atoms with van der Waals surface area (Å²) in [4.78, 5) is 26.3. The van der Waals surface area contributed by atoms with E-state index in [0.29, 0.717) is 13.0 Å². The van der Waals surface area contributed by atoms with Gasteiger partial charge in [-0.1, -0.05) is 0 Å². The Balaban J connectivity index is 1.65. The predicted octanol–water partition coefficient (Wildman–Crippen LogP) is 2.51. The maximum atomic E-state index is 12.7. The fourth-order valence-electron chi connectivity index (χ4n) is 3.94. The van der Waals surface area contributed by atoms with Gasteiger partial charge in [0.1, 0.15) is 11.3 Å². The van der Waals surface area contributed by atoms with E-state index in [1.807, 2.05) is 17.0 Å². The zero-order chi connectivity index (χ0) is 20.3. The van der Waals surface area contributed by atoms with E-state index >= 15 is 0 Å². The Morgan fingerprint density at radius 1 is 1.36 bits per heavy atom. The number of carbonyl (C=O) groups excluding carboxylic acids is 1. The van der Waals surface area contributed by atoms with Gasteiger partial charge >= 0.3 is 0 Å². The van der Waals surface area contributed by atoms with Crippen LogP contribution in [0.1, 0.15) is 45.5 Å². The molecule has 7 heteroatoms. The first-order valence-corrected chi connectivity index (χ1v) is 10.1. The van der Waals surface area contributed by atoms with Crippen molar-refractivity contribution in [2.75, 3.05) is 40.4 Å². The standard InChI is InChI=1S/C21H33N5O2/c1-16(14-28-5)26-18(23-17-8-7-11-22-20(17)26)9-6-10-19(27)25-13-12-24(4)21(2,3)15-25/h7-8,11,16H,6,9-10,12-15H2,1-5H3/t16-/m0/s1. The zero-order valence-electron chi connectivity index (χ0n) is 17.8. The molecule has 0 aromatic carbocycles. The molecule has 0 unspecified atom stereocenters. The molecule has 0 spiro atoms. The molecule has 1 saturated heterocycles. The number of fused-ring (bicyclic) bond motifs is 1. The number of hydrogen-bond donors (Lipinski definition) is 0. The summed E-state index contributed by atoms with van der Waals surface area (Å²) < 4.78 is 7.50. The summed E-state index contributed by atoms with van der Waals surface area (Å²) in [5.74, 6) is 1.22. The maximum absolute atomic E-state index is 12.7. The molecule has 0 radical (unpaired) electrons. The van der Waals surface area contributed by atoms with Crippen LogP contribution in [0.4, 0.5) is 0 Å². The Morgan fingerprint density at radius 3 is 2.86 bits per heavy atom. The lowest BCUT2D eigenvalue weighted by molar-refractivity contribution is -0.135. The van der Waals surface area contributed by atoms with Crippen LogP contribution in [0, 0.1) is 0 Å². The maximum Gasteiger partial charge on any atom is 0.222 e. The number of imidazole rings is 1. The lowest BCUT2D eigenvalue weighted by Gasteiger charge is -2.45. The lowest BCUT2D eigenvalue weighted by atomic mass is 9.99. The van der Waals surface area contributed by atoms with E-state index in [4.69, 9.17) is 9.72 Å². The molecule has 0 saturated carbocycles. The van der Waals surface area contributed by atoms with Crippen LogP contribution in [0.25, 0.3) is 11.2 Å². The van der Waals surface area contributed by atoms with Gasteiger partial charge in [-0.3, -0.25) is 9.69 Å². The largest absolute Gasteiger partial charge is 0.383 e. The highest BCUT2D eigenvalue weighted by atomic mass is 16.5. The van der Waals surface area contributed by atoms with Crippen molar-refractivity contribution in [1.82, 2.24) is 24.3 Å². The minimum atomic E-state index is 0.0309. The minimum Gasteiger partial charge on any atom is -0.383 e. The first-order valence-electron chi connectivity index (χ1n) is 10.1. The van der Waals surface area contributed by atoms with Crippen molar-refractivity contribution in [3.05, 3.63) is 24.2 Å². The normalized spacial score (nSPS) is 18.5. The number of hydrogen-bond acceptors (Lipinski definition) is 5. The average Bonchev–Trinajstić information content (AvgIpc) is 3.02. The number of methoxy groups -OCH3 is 1. The van der Waals surface area contributed by atoms with Gasteiger partial charge in [-0.25, -0.2) is 9.97 Å². The van der Waals surface area contributed by atoms with Crippen molar-refractivity contribution >= 4 is 17.1 Å². The third-order valence-corrected chi connectivity index (χ3v) is 5.83. The number of nitrogens with zero attached hydrogens (tertiary/aromatic N) is 5. The minimum absolute atomic E-state index is 0.0309. The van der Waals surface area contributed by atoms with Crippen LogP contribution in [0.3, 0.4) is 0 Å². The van der Waals surface area contributed by atoms with Crippen LogP contribution in [0.15, 0.2) is 18.3 Å². The van der Waals surface area contributed by atoms with Gasteiger partial charge in [-0.15, -0.1) is 0 Å². The van der Waals surface area contributed by atoms with Gasteiger partial charge in [0, 0.05) is 51.3 Å². The molecule has 0 aliphatic carbocycles. The fourth-order valence-corrected chi connectivity index (χ4v) is 3.94. The molecule has 154 valence electrons. The van der Waals surface area contributed by atoms with Gasteiger partial charge in [0.15, 0.2) is 5.65 Å². The molecule has 0 bridgehead atoms. The molecule has 2 aromatic rings. The van der Waals surface area contributed by atoms with E-state index in [-0.39, 0.29) is 17.5 Å². The molecule has 1 amide bonds. The highest BCUT2D eigenvalue weighted by Gasteiger charge is 2.32. The number of rotatable bonds is 7. The summed E-state index contributed by atoms with van der Waals surface area (Å²) >= 11 is 0. The second-order valence-electron chi connectivity index (χ2n) is 8.45. The number of carbonyl (C=O) groups is 1. The van der Waals surface area contributed by atoms with E-state index in [1.54, 1.807) is 13.3 Å². The van der Waals surface area contributed by atoms with E-state index in [0.717, 1.165) is 49.5 Å². The van der Waals surface area contributed by atoms with E-state index in [1.165, 1.54) is 0 Å². The Hall–Kier alpha value is -1.99. The molecule has 3 heterocycles. The molecular weight excluding hydrogens is 354 g/mol. The van der Waals surface area contributed by atoms with E-state index in [9.17, 15) is 4.79 Å². The Labute approximate surface area is 167 Å². The Bertz CT molecular complexity index is 816. The first kappa shape index (κ1) is 20.7. The van der Waals surface area contributed by atoms with Crippen molar-refractivity contribution in [1.29, 1.82) is 0 Å². The smallest absolute Gasteiger partial charge is 0.222 e. The molecular formula is C21H33N5O2. The number of amides is 1. The fraction of sp³-hybridized carbons (Fsp3) is 0.667. The molecule has 0 N–H and O–H groups in total. The van der Waals surface area contributed by atoms with Gasteiger partial charge in [-0.05, 0) is 46.4 Å². The van der Waals surface area contributed by atoms with Crippen molar-refractivity contribution < 1.29 is 9.53 Å². The highest BCUT2D eigenvalue weighted by Crippen LogP contribution is 2.22. The summed E-state index contributed by atoms with van der Waals surface area (Å²) in [7, 11) is 3.83. The van der Waals surface area contributed by atoms with Crippen LogP contribution in [-0.4, -0.2) is 76.2 Å². The SMILES string of the molecule is COC[C@H](C)n1c(CCCC(=O)N2CCN(C)C(C)(C)C2)nc2cccnc21. The quantitative estimate of drug-likeness (QED) is 0.730. The molecule has 2 aromatic heterocycles.